The van der Waals surface area contributed by atoms with E-state index in [4.69, 9.17) is 4.74 Å². The van der Waals surface area contributed by atoms with Gasteiger partial charge in [-0.05, 0) is 65.4 Å². The molecule has 0 atom stereocenters. The van der Waals surface area contributed by atoms with Gasteiger partial charge in [-0.25, -0.2) is 0 Å². The van der Waals surface area contributed by atoms with Crippen LogP contribution in [0.4, 0.5) is 0 Å². The molecule has 0 saturated carbocycles. The molecule has 3 aromatic rings. The Morgan fingerprint density at radius 1 is 1.10 bits per heavy atom. The average Bonchev–Trinajstić information content (AvgIpc) is 2.89. The number of hydrogen-bond donors (Lipinski definition) is 1. The Kier molecular flexibility index (Phi) is 3.92. The summed E-state index contributed by atoms with van der Waals surface area (Å²) in [5.74, 6) is 0.832. The van der Waals surface area contributed by atoms with Crippen LogP contribution in [0.5, 0.6) is 5.75 Å². The van der Waals surface area contributed by atoms with Crippen molar-refractivity contribution in [3.05, 3.63) is 52.0 Å². The molecule has 0 aliphatic rings. The number of rotatable bonds is 3. The SMILES string of the molecule is COc1cc(I)cc(-c2n[nH]c(C)c2-c2ccncc2)c1. The van der Waals surface area contributed by atoms with Crippen molar-refractivity contribution >= 4 is 22.6 Å². The third-order valence-corrected chi connectivity index (χ3v) is 3.92. The first-order valence-electron chi connectivity index (χ1n) is 6.49. The van der Waals surface area contributed by atoms with E-state index in [0.717, 1.165) is 37.4 Å². The van der Waals surface area contributed by atoms with E-state index in [2.05, 4.69) is 43.8 Å². The fourth-order valence-corrected chi connectivity index (χ4v) is 2.97. The lowest BCUT2D eigenvalue weighted by Crippen LogP contribution is -1.89. The normalized spacial score (nSPS) is 10.6. The molecule has 3 rings (SSSR count). The molecular formula is C16H14IN3O. The highest BCUT2D eigenvalue weighted by atomic mass is 127. The Hall–Kier alpha value is -1.89. The van der Waals surface area contributed by atoms with Crippen LogP contribution in [-0.2, 0) is 0 Å². The summed E-state index contributed by atoms with van der Waals surface area (Å²) >= 11 is 2.29. The van der Waals surface area contributed by atoms with Crippen LogP contribution in [0.1, 0.15) is 5.69 Å². The van der Waals surface area contributed by atoms with E-state index in [-0.39, 0.29) is 0 Å². The van der Waals surface area contributed by atoms with Crippen molar-refractivity contribution < 1.29 is 4.74 Å². The molecule has 2 heterocycles. The second-order valence-electron chi connectivity index (χ2n) is 4.69. The van der Waals surface area contributed by atoms with Crippen molar-refractivity contribution in [3.8, 4) is 28.1 Å². The van der Waals surface area contributed by atoms with E-state index in [1.165, 1.54) is 0 Å². The van der Waals surface area contributed by atoms with Gasteiger partial charge in [0.1, 0.15) is 11.4 Å². The van der Waals surface area contributed by atoms with Crippen LogP contribution in [0.25, 0.3) is 22.4 Å². The van der Waals surface area contributed by atoms with Crippen molar-refractivity contribution in [1.82, 2.24) is 15.2 Å². The van der Waals surface area contributed by atoms with E-state index in [1.54, 1.807) is 19.5 Å². The largest absolute Gasteiger partial charge is 0.497 e. The highest BCUT2D eigenvalue weighted by Gasteiger charge is 2.15. The van der Waals surface area contributed by atoms with Gasteiger partial charge in [-0.1, -0.05) is 0 Å². The Morgan fingerprint density at radius 2 is 1.86 bits per heavy atom. The minimum atomic E-state index is 0.832. The molecule has 2 aromatic heterocycles. The van der Waals surface area contributed by atoms with Gasteiger partial charge >= 0.3 is 0 Å². The zero-order valence-electron chi connectivity index (χ0n) is 11.7. The topological polar surface area (TPSA) is 50.8 Å². The van der Waals surface area contributed by atoms with Gasteiger partial charge in [0, 0.05) is 32.8 Å². The number of nitrogens with zero attached hydrogens (tertiary/aromatic N) is 2. The number of benzene rings is 1. The highest BCUT2D eigenvalue weighted by molar-refractivity contribution is 14.1. The van der Waals surface area contributed by atoms with Crippen molar-refractivity contribution in [2.24, 2.45) is 0 Å². The molecule has 1 N–H and O–H groups in total. The first-order valence-corrected chi connectivity index (χ1v) is 7.57. The number of H-pyrrole nitrogens is 1. The molecule has 4 nitrogen and oxygen atoms in total. The van der Waals surface area contributed by atoms with Gasteiger partial charge in [0.25, 0.3) is 0 Å². The predicted octanol–water partition coefficient (Wildman–Crippen LogP) is 4.06. The summed E-state index contributed by atoms with van der Waals surface area (Å²) in [6.45, 7) is 2.03. The summed E-state index contributed by atoms with van der Waals surface area (Å²) in [5.41, 5.74) is 5.20. The highest BCUT2D eigenvalue weighted by Crippen LogP contribution is 2.34. The summed E-state index contributed by atoms with van der Waals surface area (Å²) in [5, 5.41) is 7.55. The third kappa shape index (κ3) is 2.78. The maximum atomic E-state index is 5.36. The van der Waals surface area contributed by atoms with Crippen molar-refractivity contribution in [3.63, 3.8) is 0 Å². The van der Waals surface area contributed by atoms with E-state index in [1.807, 2.05) is 31.2 Å². The Morgan fingerprint density at radius 3 is 2.57 bits per heavy atom. The van der Waals surface area contributed by atoms with E-state index in [0.29, 0.717) is 0 Å². The van der Waals surface area contributed by atoms with Gasteiger partial charge in [-0.3, -0.25) is 10.1 Å². The summed E-state index contributed by atoms with van der Waals surface area (Å²) in [7, 11) is 1.68. The minimum absolute atomic E-state index is 0.832. The number of methoxy groups -OCH3 is 1. The Balaban J connectivity index is 2.19. The monoisotopic (exact) mass is 391 g/mol. The van der Waals surface area contributed by atoms with Crippen LogP contribution >= 0.6 is 22.6 Å². The molecule has 0 amide bonds. The van der Waals surface area contributed by atoms with Crippen molar-refractivity contribution in [2.45, 2.75) is 6.92 Å². The fourth-order valence-electron chi connectivity index (χ4n) is 2.33. The third-order valence-electron chi connectivity index (χ3n) is 3.30. The lowest BCUT2D eigenvalue weighted by Gasteiger charge is -2.07. The summed E-state index contributed by atoms with van der Waals surface area (Å²) in [6.07, 6.45) is 3.59. The lowest BCUT2D eigenvalue weighted by atomic mass is 10.00. The van der Waals surface area contributed by atoms with Gasteiger partial charge in [-0.2, -0.15) is 5.10 Å². The minimum Gasteiger partial charge on any atom is -0.497 e. The van der Waals surface area contributed by atoms with Crippen molar-refractivity contribution in [1.29, 1.82) is 0 Å². The van der Waals surface area contributed by atoms with E-state index < -0.39 is 0 Å². The summed E-state index contributed by atoms with van der Waals surface area (Å²) in [4.78, 5) is 4.08. The van der Waals surface area contributed by atoms with Gasteiger partial charge in [0.2, 0.25) is 0 Å². The standard InChI is InChI=1S/C16H14IN3O/c1-10-15(11-3-5-18-6-4-11)16(20-19-10)12-7-13(17)9-14(8-12)21-2/h3-9H,1-2H3,(H,19,20). The molecule has 1 aromatic carbocycles. The number of halogens is 1. The number of ether oxygens (including phenoxy) is 1. The second kappa shape index (κ2) is 5.85. The number of pyridine rings is 1. The molecule has 106 valence electrons. The van der Waals surface area contributed by atoms with Crippen LogP contribution in [0.3, 0.4) is 0 Å². The molecule has 0 unspecified atom stereocenters. The summed E-state index contributed by atoms with van der Waals surface area (Å²) in [6, 6.07) is 10.1. The molecular weight excluding hydrogens is 377 g/mol. The maximum absolute atomic E-state index is 5.36. The number of aromatic amines is 1. The Bertz CT molecular complexity index is 768. The molecule has 0 radical (unpaired) electrons. The zero-order valence-corrected chi connectivity index (χ0v) is 13.9. The lowest BCUT2D eigenvalue weighted by molar-refractivity contribution is 0.414. The Labute approximate surface area is 136 Å². The second-order valence-corrected chi connectivity index (χ2v) is 5.93. The quantitative estimate of drug-likeness (QED) is 0.686. The smallest absolute Gasteiger partial charge is 0.120 e. The first-order chi connectivity index (χ1) is 10.2. The predicted molar refractivity (Wildman–Crippen MR) is 91.3 cm³/mol. The van der Waals surface area contributed by atoms with E-state index >= 15 is 0 Å². The molecule has 0 fully saturated rings. The molecule has 21 heavy (non-hydrogen) atoms. The van der Waals surface area contributed by atoms with Crippen LogP contribution < -0.4 is 4.74 Å². The molecule has 0 aliphatic carbocycles. The van der Waals surface area contributed by atoms with Gasteiger partial charge < -0.3 is 4.74 Å². The fraction of sp³-hybridized carbons (Fsp3) is 0.125. The van der Waals surface area contributed by atoms with Crippen molar-refractivity contribution in [2.75, 3.05) is 7.11 Å². The molecule has 0 spiro atoms. The van der Waals surface area contributed by atoms with Crippen LogP contribution in [0, 0.1) is 10.5 Å². The van der Waals surface area contributed by atoms with Gasteiger partial charge in [-0.15, -0.1) is 0 Å². The molecule has 5 heteroatoms. The van der Waals surface area contributed by atoms with Gasteiger partial charge in [0.15, 0.2) is 0 Å². The number of aromatic nitrogens is 3. The van der Waals surface area contributed by atoms with E-state index in [9.17, 15) is 0 Å². The van der Waals surface area contributed by atoms with Crippen LogP contribution in [0.2, 0.25) is 0 Å². The van der Waals surface area contributed by atoms with Crippen LogP contribution in [-0.4, -0.2) is 22.3 Å². The molecule has 0 bridgehead atoms. The molecule has 0 saturated heterocycles. The zero-order chi connectivity index (χ0) is 14.8. The van der Waals surface area contributed by atoms with Gasteiger partial charge in [0.05, 0.1) is 7.11 Å². The van der Waals surface area contributed by atoms with Crippen LogP contribution in [0.15, 0.2) is 42.7 Å². The maximum Gasteiger partial charge on any atom is 0.120 e. The number of aryl methyl sites for hydroxylation is 1. The summed E-state index contributed by atoms with van der Waals surface area (Å²) < 4.78 is 6.47. The first kappa shape index (κ1) is 14.1. The molecule has 0 aliphatic heterocycles. The number of hydrogen-bond acceptors (Lipinski definition) is 3. The number of nitrogens with one attached hydrogen (secondary N) is 1. The average molecular weight is 391 g/mol.